The molecule has 0 N–H and O–H groups in total. The zero-order chi connectivity index (χ0) is 16.0. The zero-order valence-corrected chi connectivity index (χ0v) is 12.6. The van der Waals surface area contributed by atoms with E-state index in [1.807, 2.05) is 6.07 Å². The molecule has 0 radical (unpaired) electrons. The van der Waals surface area contributed by atoms with E-state index in [9.17, 15) is 13.6 Å². The molecule has 118 valence electrons. The Morgan fingerprint density at radius 1 is 1.09 bits per heavy atom. The lowest BCUT2D eigenvalue weighted by Gasteiger charge is -2.24. The summed E-state index contributed by atoms with van der Waals surface area (Å²) in [6.45, 7) is 0.159. The fraction of sp³-hybridized carbons (Fsp3) is 0.188. The molecule has 1 saturated heterocycles. The monoisotopic (exact) mass is 335 g/mol. The molecular weight excluding hydrogens is 324 g/mol. The average molecular weight is 335 g/mol. The van der Waals surface area contributed by atoms with Crippen molar-refractivity contribution in [1.82, 2.24) is 0 Å². The average Bonchev–Trinajstić information content (AvgIpc) is 3.13. The SMILES string of the molecule is O=C1CSC(c2ccc3c(c2)OCO3)N1c1ccc(F)cc1F. The maximum absolute atomic E-state index is 14.1. The molecule has 2 heterocycles. The van der Waals surface area contributed by atoms with Gasteiger partial charge in [-0.25, -0.2) is 8.78 Å². The molecule has 0 spiro atoms. The fourth-order valence-corrected chi connectivity index (χ4v) is 3.83. The van der Waals surface area contributed by atoms with Crippen molar-refractivity contribution in [2.24, 2.45) is 0 Å². The van der Waals surface area contributed by atoms with E-state index in [2.05, 4.69) is 0 Å². The Labute approximate surface area is 135 Å². The molecule has 2 aromatic rings. The van der Waals surface area contributed by atoms with Crippen LogP contribution in [0.15, 0.2) is 36.4 Å². The number of ether oxygens (including phenoxy) is 2. The molecule has 0 aliphatic carbocycles. The molecule has 23 heavy (non-hydrogen) atoms. The highest BCUT2D eigenvalue weighted by molar-refractivity contribution is 8.00. The minimum Gasteiger partial charge on any atom is -0.454 e. The number of anilines is 1. The number of carbonyl (C=O) groups is 1. The lowest BCUT2D eigenvalue weighted by Crippen LogP contribution is -2.28. The summed E-state index contributed by atoms with van der Waals surface area (Å²) in [6, 6.07) is 8.58. The smallest absolute Gasteiger partial charge is 0.238 e. The Hall–Kier alpha value is -2.28. The third-order valence-electron chi connectivity index (χ3n) is 3.72. The third-order valence-corrected chi connectivity index (χ3v) is 4.93. The van der Waals surface area contributed by atoms with Crippen LogP contribution in [0.3, 0.4) is 0 Å². The first-order valence-electron chi connectivity index (χ1n) is 6.92. The predicted molar refractivity (Wildman–Crippen MR) is 81.6 cm³/mol. The molecule has 1 amide bonds. The van der Waals surface area contributed by atoms with Crippen LogP contribution in [0.1, 0.15) is 10.9 Å². The number of benzene rings is 2. The second-order valence-electron chi connectivity index (χ2n) is 5.14. The summed E-state index contributed by atoms with van der Waals surface area (Å²) in [6.07, 6.45) is 0. The largest absolute Gasteiger partial charge is 0.454 e. The van der Waals surface area contributed by atoms with Gasteiger partial charge in [-0.3, -0.25) is 9.69 Å². The number of fused-ring (bicyclic) bond motifs is 1. The van der Waals surface area contributed by atoms with Crippen molar-refractivity contribution in [2.45, 2.75) is 5.37 Å². The van der Waals surface area contributed by atoms with Crippen molar-refractivity contribution >= 4 is 23.4 Å². The molecule has 2 aliphatic rings. The summed E-state index contributed by atoms with van der Waals surface area (Å²) in [4.78, 5) is 13.6. The van der Waals surface area contributed by atoms with Crippen LogP contribution in [-0.2, 0) is 4.79 Å². The van der Waals surface area contributed by atoms with E-state index < -0.39 is 17.0 Å². The van der Waals surface area contributed by atoms with Gasteiger partial charge in [-0.05, 0) is 29.8 Å². The standard InChI is InChI=1S/C16H11F2NO3S/c17-10-2-3-12(11(18)6-10)19-15(20)7-23-16(19)9-1-4-13-14(5-9)22-8-21-13/h1-6,16H,7-8H2. The van der Waals surface area contributed by atoms with E-state index in [1.54, 1.807) is 12.1 Å². The van der Waals surface area contributed by atoms with Crippen molar-refractivity contribution in [1.29, 1.82) is 0 Å². The fourth-order valence-electron chi connectivity index (χ4n) is 2.67. The quantitative estimate of drug-likeness (QED) is 0.842. The number of thioether (sulfide) groups is 1. The van der Waals surface area contributed by atoms with Crippen LogP contribution in [0.5, 0.6) is 11.5 Å². The predicted octanol–water partition coefficient (Wildman–Crippen LogP) is 3.47. The highest BCUT2D eigenvalue weighted by atomic mass is 32.2. The van der Waals surface area contributed by atoms with E-state index >= 15 is 0 Å². The summed E-state index contributed by atoms with van der Waals surface area (Å²) in [5.41, 5.74) is 0.873. The Morgan fingerprint density at radius 2 is 1.91 bits per heavy atom. The molecule has 7 heteroatoms. The summed E-state index contributed by atoms with van der Waals surface area (Å²) < 4.78 is 37.8. The second kappa shape index (κ2) is 5.42. The number of nitrogens with zero attached hydrogens (tertiary/aromatic N) is 1. The van der Waals surface area contributed by atoms with Crippen molar-refractivity contribution < 1.29 is 23.0 Å². The van der Waals surface area contributed by atoms with Gasteiger partial charge in [0.2, 0.25) is 12.7 Å². The number of rotatable bonds is 2. The van der Waals surface area contributed by atoms with Crippen molar-refractivity contribution in [3.8, 4) is 11.5 Å². The van der Waals surface area contributed by atoms with Crippen molar-refractivity contribution in [2.75, 3.05) is 17.4 Å². The summed E-state index contributed by atoms with van der Waals surface area (Å²) in [5, 5.41) is -0.392. The van der Waals surface area contributed by atoms with Gasteiger partial charge >= 0.3 is 0 Å². The molecule has 0 aromatic heterocycles. The Bertz CT molecular complexity index is 799. The molecule has 2 aliphatic heterocycles. The van der Waals surface area contributed by atoms with Gasteiger partial charge < -0.3 is 9.47 Å². The number of carbonyl (C=O) groups excluding carboxylic acids is 1. The van der Waals surface area contributed by atoms with E-state index in [0.717, 1.165) is 17.7 Å². The molecule has 4 rings (SSSR count). The molecule has 1 fully saturated rings. The zero-order valence-electron chi connectivity index (χ0n) is 11.8. The number of halogens is 2. The van der Waals surface area contributed by atoms with Crippen molar-refractivity contribution in [3.63, 3.8) is 0 Å². The minimum absolute atomic E-state index is 0.0732. The van der Waals surface area contributed by atoms with E-state index in [0.29, 0.717) is 11.5 Å². The van der Waals surface area contributed by atoms with Crippen LogP contribution in [0.2, 0.25) is 0 Å². The van der Waals surface area contributed by atoms with Crippen LogP contribution in [0.25, 0.3) is 0 Å². The van der Waals surface area contributed by atoms with Crippen LogP contribution in [0.4, 0.5) is 14.5 Å². The Kier molecular flexibility index (Phi) is 3.37. The van der Waals surface area contributed by atoms with Gasteiger partial charge in [-0.1, -0.05) is 6.07 Å². The molecule has 4 nitrogen and oxygen atoms in total. The number of hydrogen-bond donors (Lipinski definition) is 0. The topological polar surface area (TPSA) is 38.8 Å². The van der Waals surface area contributed by atoms with Crippen LogP contribution in [0, 0.1) is 11.6 Å². The normalized spacial score (nSPS) is 19.5. The third kappa shape index (κ3) is 2.41. The van der Waals surface area contributed by atoms with Gasteiger partial charge in [-0.2, -0.15) is 0 Å². The summed E-state index contributed by atoms with van der Waals surface area (Å²) in [7, 11) is 0. The number of hydrogen-bond acceptors (Lipinski definition) is 4. The molecule has 1 atom stereocenters. The van der Waals surface area contributed by atoms with Gasteiger partial charge in [-0.15, -0.1) is 11.8 Å². The highest BCUT2D eigenvalue weighted by Crippen LogP contribution is 2.45. The van der Waals surface area contributed by atoms with Crippen LogP contribution < -0.4 is 14.4 Å². The molecule has 1 unspecified atom stereocenters. The summed E-state index contributed by atoms with van der Waals surface area (Å²) in [5.74, 6) is -0.180. The highest BCUT2D eigenvalue weighted by Gasteiger charge is 2.36. The van der Waals surface area contributed by atoms with Crippen molar-refractivity contribution in [3.05, 3.63) is 53.6 Å². The first kappa shape index (κ1) is 14.3. The maximum Gasteiger partial charge on any atom is 0.238 e. The van der Waals surface area contributed by atoms with Crippen LogP contribution in [-0.4, -0.2) is 18.5 Å². The first-order valence-corrected chi connectivity index (χ1v) is 7.96. The molecule has 0 saturated carbocycles. The van der Waals surface area contributed by atoms with Gasteiger partial charge in [0.05, 0.1) is 11.4 Å². The Morgan fingerprint density at radius 3 is 2.74 bits per heavy atom. The Balaban J connectivity index is 1.74. The number of amides is 1. The second-order valence-corrected chi connectivity index (χ2v) is 6.20. The van der Waals surface area contributed by atoms with E-state index in [-0.39, 0.29) is 24.1 Å². The van der Waals surface area contributed by atoms with Gasteiger partial charge in [0.1, 0.15) is 17.0 Å². The van der Waals surface area contributed by atoms with Crippen LogP contribution >= 0.6 is 11.8 Å². The lowest BCUT2D eigenvalue weighted by molar-refractivity contribution is -0.115. The minimum atomic E-state index is -0.758. The van der Waals surface area contributed by atoms with E-state index in [1.165, 1.54) is 22.7 Å². The molecule has 2 aromatic carbocycles. The molecular formula is C16H11F2NO3S. The van der Waals surface area contributed by atoms with E-state index in [4.69, 9.17) is 9.47 Å². The maximum atomic E-state index is 14.1. The first-order chi connectivity index (χ1) is 11.1. The lowest BCUT2D eigenvalue weighted by atomic mass is 10.1. The van der Waals surface area contributed by atoms with Gasteiger partial charge in [0.15, 0.2) is 11.5 Å². The summed E-state index contributed by atoms with van der Waals surface area (Å²) >= 11 is 1.38. The van der Waals surface area contributed by atoms with Gasteiger partial charge in [0.25, 0.3) is 0 Å². The molecule has 0 bridgehead atoms. The van der Waals surface area contributed by atoms with Gasteiger partial charge in [0, 0.05) is 6.07 Å².